The first kappa shape index (κ1) is 18.4. The lowest BCUT2D eigenvalue weighted by atomic mass is 10.1. The molecule has 2 N–H and O–H groups in total. The highest BCUT2D eigenvalue weighted by Gasteiger charge is 2.08. The summed E-state index contributed by atoms with van der Waals surface area (Å²) in [7, 11) is 0. The maximum Gasteiger partial charge on any atom is 0.269 e. The largest absolute Gasteiger partial charge is 0.354 e. The zero-order valence-corrected chi connectivity index (χ0v) is 15.8. The van der Waals surface area contributed by atoms with Crippen molar-refractivity contribution in [1.82, 2.24) is 4.98 Å². The summed E-state index contributed by atoms with van der Waals surface area (Å²) in [4.78, 5) is 25.9. The monoisotopic (exact) mass is 385 g/mol. The average molecular weight is 385 g/mol. The van der Waals surface area contributed by atoms with Gasteiger partial charge in [-0.15, -0.1) is 0 Å². The second-order valence-corrected chi connectivity index (χ2v) is 6.75. The summed E-state index contributed by atoms with van der Waals surface area (Å²) in [6, 6.07) is 18.1. The van der Waals surface area contributed by atoms with Crippen molar-refractivity contribution in [3.8, 4) is 0 Å². The van der Waals surface area contributed by atoms with Crippen molar-refractivity contribution in [3.05, 3.63) is 88.0 Å². The van der Waals surface area contributed by atoms with E-state index in [1.807, 2.05) is 18.2 Å². The Morgan fingerprint density at radius 2 is 1.90 bits per heavy atom. The minimum absolute atomic E-state index is 0.0180. The van der Waals surface area contributed by atoms with E-state index in [0.717, 1.165) is 22.8 Å². The van der Waals surface area contributed by atoms with Crippen LogP contribution in [0.2, 0.25) is 0 Å². The van der Waals surface area contributed by atoms with Crippen LogP contribution in [-0.4, -0.2) is 15.8 Å². The van der Waals surface area contributed by atoms with E-state index in [0.29, 0.717) is 11.3 Å². The number of nitro benzene ring substituents is 1. The van der Waals surface area contributed by atoms with Crippen molar-refractivity contribution in [1.29, 1.82) is 0 Å². The number of aryl methyl sites for hydroxylation is 1. The summed E-state index contributed by atoms with van der Waals surface area (Å²) in [6.07, 6.45) is 3.97. The third kappa shape index (κ3) is 3.73. The molecule has 29 heavy (non-hydrogen) atoms. The quantitative estimate of drug-likeness (QED) is 0.272. The number of hydrogen-bond acceptors (Lipinski definition) is 3. The molecule has 1 heterocycles. The first-order valence-electron chi connectivity index (χ1n) is 9.32. The van der Waals surface area contributed by atoms with E-state index in [1.54, 1.807) is 18.2 Å². The van der Waals surface area contributed by atoms with Gasteiger partial charge in [-0.2, -0.15) is 0 Å². The molecule has 0 aliphatic carbocycles. The fourth-order valence-corrected chi connectivity index (χ4v) is 3.42. The summed E-state index contributed by atoms with van der Waals surface area (Å²) >= 11 is 0. The number of nitrogens with one attached hydrogen (secondary N) is 2. The standard InChI is InChI=1S/C23H19N3O3/c1-2-16-4-3-5-20-19-12-9-17(14-21(19)25-23(16)20)24-22(27)13-8-15-6-10-18(11-7-15)26(28)29/h3-14,25H,2H2,1H3,(H,24,27)/b13-8+. The molecule has 4 rings (SSSR count). The molecule has 0 radical (unpaired) electrons. The van der Waals surface area contributed by atoms with Gasteiger partial charge in [-0.1, -0.05) is 31.2 Å². The van der Waals surface area contributed by atoms with Gasteiger partial charge >= 0.3 is 0 Å². The highest BCUT2D eigenvalue weighted by molar-refractivity contribution is 6.10. The van der Waals surface area contributed by atoms with Crippen LogP contribution < -0.4 is 5.32 Å². The number of anilines is 1. The summed E-state index contributed by atoms with van der Waals surface area (Å²) in [6.45, 7) is 2.13. The van der Waals surface area contributed by atoms with Crippen molar-refractivity contribution in [2.45, 2.75) is 13.3 Å². The number of nitrogens with zero attached hydrogens (tertiary/aromatic N) is 1. The van der Waals surface area contributed by atoms with Crippen LogP contribution in [0.15, 0.2) is 66.7 Å². The van der Waals surface area contributed by atoms with Gasteiger partial charge in [0, 0.05) is 45.7 Å². The Balaban J connectivity index is 1.53. The molecule has 4 aromatic rings. The third-order valence-corrected chi connectivity index (χ3v) is 4.90. The summed E-state index contributed by atoms with van der Waals surface area (Å²) in [5, 5.41) is 15.8. The second kappa shape index (κ2) is 7.59. The Kier molecular flexibility index (Phi) is 4.83. The van der Waals surface area contributed by atoms with E-state index < -0.39 is 4.92 Å². The maximum absolute atomic E-state index is 12.3. The molecule has 0 aliphatic rings. The Hall–Kier alpha value is -3.93. The molecule has 0 bridgehead atoms. The third-order valence-electron chi connectivity index (χ3n) is 4.90. The Bertz CT molecular complexity index is 1250. The van der Waals surface area contributed by atoms with Crippen molar-refractivity contribution in [2.75, 3.05) is 5.32 Å². The summed E-state index contributed by atoms with van der Waals surface area (Å²) in [5.74, 6) is -0.270. The van der Waals surface area contributed by atoms with Gasteiger partial charge in [0.05, 0.1) is 4.92 Å². The lowest BCUT2D eigenvalue weighted by Gasteiger charge is -2.02. The minimum atomic E-state index is -0.455. The molecule has 0 atom stereocenters. The Labute approximate surface area is 167 Å². The second-order valence-electron chi connectivity index (χ2n) is 6.75. The van der Waals surface area contributed by atoms with Gasteiger partial charge in [-0.3, -0.25) is 14.9 Å². The fraction of sp³-hybridized carbons (Fsp3) is 0.0870. The number of rotatable bonds is 5. The van der Waals surface area contributed by atoms with Crippen LogP contribution in [0, 0.1) is 10.1 Å². The molecular formula is C23H19N3O3. The number of para-hydroxylation sites is 1. The normalized spacial score (nSPS) is 11.3. The van der Waals surface area contributed by atoms with Crippen LogP contribution in [0.3, 0.4) is 0 Å². The smallest absolute Gasteiger partial charge is 0.269 e. The van der Waals surface area contributed by atoms with E-state index in [2.05, 4.69) is 35.4 Å². The van der Waals surface area contributed by atoms with Gasteiger partial charge in [0.1, 0.15) is 0 Å². The number of fused-ring (bicyclic) bond motifs is 3. The van der Waals surface area contributed by atoms with E-state index in [4.69, 9.17) is 0 Å². The van der Waals surface area contributed by atoms with E-state index in [9.17, 15) is 14.9 Å². The van der Waals surface area contributed by atoms with Gasteiger partial charge in [0.25, 0.3) is 5.69 Å². The zero-order chi connectivity index (χ0) is 20.4. The summed E-state index contributed by atoms with van der Waals surface area (Å²) in [5.41, 5.74) is 4.79. The van der Waals surface area contributed by atoms with Crippen LogP contribution in [0.25, 0.3) is 27.9 Å². The van der Waals surface area contributed by atoms with Gasteiger partial charge in [-0.25, -0.2) is 0 Å². The minimum Gasteiger partial charge on any atom is -0.354 e. The van der Waals surface area contributed by atoms with E-state index >= 15 is 0 Å². The van der Waals surface area contributed by atoms with Gasteiger partial charge in [0.2, 0.25) is 5.91 Å². The fourth-order valence-electron chi connectivity index (χ4n) is 3.42. The number of benzene rings is 3. The molecule has 0 spiro atoms. The molecule has 1 aromatic heterocycles. The highest BCUT2D eigenvalue weighted by Crippen LogP contribution is 2.29. The molecule has 0 unspecified atom stereocenters. The number of nitro groups is 1. The average Bonchev–Trinajstić information content (AvgIpc) is 3.10. The first-order valence-corrected chi connectivity index (χ1v) is 9.32. The molecule has 144 valence electrons. The SMILES string of the molecule is CCc1cccc2c1[nH]c1cc(NC(=O)/C=C/c3ccc([N+](=O)[O-])cc3)ccc12. The van der Waals surface area contributed by atoms with E-state index in [-0.39, 0.29) is 11.6 Å². The number of amides is 1. The lowest BCUT2D eigenvalue weighted by molar-refractivity contribution is -0.384. The predicted molar refractivity (Wildman–Crippen MR) is 116 cm³/mol. The topological polar surface area (TPSA) is 88.0 Å². The molecule has 0 saturated heterocycles. The maximum atomic E-state index is 12.3. The molecule has 6 nitrogen and oxygen atoms in total. The van der Waals surface area contributed by atoms with Crippen molar-refractivity contribution < 1.29 is 9.72 Å². The zero-order valence-electron chi connectivity index (χ0n) is 15.8. The molecule has 1 amide bonds. The van der Waals surface area contributed by atoms with Crippen molar-refractivity contribution in [3.63, 3.8) is 0 Å². The first-order chi connectivity index (χ1) is 14.0. The van der Waals surface area contributed by atoms with Gasteiger partial charge in [0.15, 0.2) is 0 Å². The van der Waals surface area contributed by atoms with Gasteiger partial charge < -0.3 is 10.3 Å². The van der Waals surface area contributed by atoms with Crippen LogP contribution >= 0.6 is 0 Å². The molecular weight excluding hydrogens is 366 g/mol. The number of carbonyl (C=O) groups excluding carboxylic acids is 1. The molecule has 0 aliphatic heterocycles. The van der Waals surface area contributed by atoms with Gasteiger partial charge in [-0.05, 0) is 47.9 Å². The van der Waals surface area contributed by atoms with Crippen LogP contribution in [0.1, 0.15) is 18.1 Å². The molecule has 0 saturated carbocycles. The van der Waals surface area contributed by atoms with E-state index in [1.165, 1.54) is 29.2 Å². The lowest BCUT2D eigenvalue weighted by Crippen LogP contribution is -2.07. The molecule has 6 heteroatoms. The summed E-state index contributed by atoms with van der Waals surface area (Å²) < 4.78 is 0. The molecule has 3 aromatic carbocycles. The number of carbonyl (C=O) groups is 1. The van der Waals surface area contributed by atoms with Crippen LogP contribution in [-0.2, 0) is 11.2 Å². The van der Waals surface area contributed by atoms with Crippen LogP contribution in [0.4, 0.5) is 11.4 Å². The Morgan fingerprint density at radius 1 is 1.10 bits per heavy atom. The molecule has 0 fully saturated rings. The number of H-pyrrole nitrogens is 1. The van der Waals surface area contributed by atoms with Crippen molar-refractivity contribution >= 4 is 45.2 Å². The highest BCUT2D eigenvalue weighted by atomic mass is 16.6. The number of aromatic nitrogens is 1. The predicted octanol–water partition coefficient (Wildman–Crippen LogP) is 5.44. The van der Waals surface area contributed by atoms with Crippen LogP contribution in [0.5, 0.6) is 0 Å². The number of non-ortho nitro benzene ring substituents is 1. The van der Waals surface area contributed by atoms with Crippen molar-refractivity contribution in [2.24, 2.45) is 0 Å². The number of aromatic amines is 1. The Morgan fingerprint density at radius 3 is 2.62 bits per heavy atom. The number of hydrogen-bond donors (Lipinski definition) is 2.